The van der Waals surface area contributed by atoms with Crippen molar-refractivity contribution in [1.29, 1.82) is 0 Å². The Morgan fingerprint density at radius 1 is 1.21 bits per heavy atom. The summed E-state index contributed by atoms with van der Waals surface area (Å²) >= 11 is 0. The third-order valence-corrected chi connectivity index (χ3v) is 4.30. The Kier molecular flexibility index (Phi) is 5.19. The maximum atomic E-state index is 12.9. The second-order valence-corrected chi connectivity index (χ2v) is 6.25. The van der Waals surface area contributed by atoms with Gasteiger partial charge in [-0.05, 0) is 37.1 Å². The number of benzene rings is 2. The highest BCUT2D eigenvalue weighted by Gasteiger charge is 2.31. The predicted octanol–water partition coefficient (Wildman–Crippen LogP) is 3.73. The molecular formula is C19H16F3N3O4. The Morgan fingerprint density at radius 3 is 2.52 bits per heavy atom. The van der Waals surface area contributed by atoms with E-state index in [9.17, 15) is 23.1 Å². The van der Waals surface area contributed by atoms with Crippen LogP contribution in [-0.2, 0) is 17.4 Å². The number of rotatable bonds is 6. The molecule has 152 valence electrons. The van der Waals surface area contributed by atoms with Crippen LogP contribution in [0.25, 0.3) is 16.7 Å². The Bertz CT molecular complexity index is 1110. The fraction of sp³-hybridized carbons (Fsp3) is 0.211. The highest BCUT2D eigenvalue weighted by molar-refractivity contribution is 5.85. The van der Waals surface area contributed by atoms with Crippen molar-refractivity contribution in [3.8, 4) is 17.2 Å². The van der Waals surface area contributed by atoms with E-state index in [4.69, 9.17) is 9.84 Å². The van der Waals surface area contributed by atoms with Crippen molar-refractivity contribution in [2.75, 3.05) is 7.11 Å². The first-order chi connectivity index (χ1) is 13.6. The molecule has 0 atom stereocenters. The number of fused-ring (bicyclic) bond motifs is 1. The summed E-state index contributed by atoms with van der Waals surface area (Å²) in [7, 11) is 1.40. The van der Waals surface area contributed by atoms with Crippen LogP contribution in [0.2, 0.25) is 0 Å². The lowest BCUT2D eigenvalue weighted by Gasteiger charge is -2.12. The number of phenols is 1. The van der Waals surface area contributed by atoms with Crippen molar-refractivity contribution in [2.45, 2.75) is 19.0 Å². The minimum absolute atomic E-state index is 0.00264. The second-order valence-electron chi connectivity index (χ2n) is 6.25. The lowest BCUT2D eigenvalue weighted by atomic mass is 10.0. The summed E-state index contributed by atoms with van der Waals surface area (Å²) in [6.07, 6.45) is -4.28. The molecule has 7 nitrogen and oxygen atoms in total. The van der Waals surface area contributed by atoms with Gasteiger partial charge in [0.15, 0.2) is 0 Å². The van der Waals surface area contributed by atoms with Crippen molar-refractivity contribution >= 4 is 17.0 Å². The fourth-order valence-corrected chi connectivity index (χ4v) is 2.70. The normalized spacial score (nSPS) is 11.6. The number of ether oxygens (including phenoxy) is 1. The zero-order valence-electron chi connectivity index (χ0n) is 15.2. The number of nitrogens with zero attached hydrogens (tertiary/aromatic N) is 3. The van der Waals surface area contributed by atoms with Gasteiger partial charge in [0.05, 0.1) is 12.7 Å². The summed E-state index contributed by atoms with van der Waals surface area (Å²) in [6.45, 7) is 3.44. The number of alkyl halides is 3. The number of halogens is 3. The van der Waals surface area contributed by atoms with E-state index in [-0.39, 0.29) is 40.9 Å². The van der Waals surface area contributed by atoms with Gasteiger partial charge in [0, 0.05) is 17.2 Å². The van der Waals surface area contributed by atoms with E-state index in [1.165, 1.54) is 25.3 Å². The molecule has 3 aromatic rings. The highest BCUT2D eigenvalue weighted by Crippen LogP contribution is 2.34. The molecule has 0 unspecified atom stereocenters. The molecule has 0 spiro atoms. The van der Waals surface area contributed by atoms with Gasteiger partial charge in [-0.3, -0.25) is 0 Å². The van der Waals surface area contributed by atoms with Gasteiger partial charge in [-0.1, -0.05) is 6.58 Å². The molecule has 0 aliphatic heterocycles. The van der Waals surface area contributed by atoms with Crippen LogP contribution in [0.4, 0.5) is 13.2 Å². The van der Waals surface area contributed by atoms with Gasteiger partial charge >= 0.3 is 12.1 Å². The summed E-state index contributed by atoms with van der Waals surface area (Å²) in [6, 6.07) is 5.91. The maximum absolute atomic E-state index is 12.9. The molecule has 1 heterocycles. The first-order valence-corrected chi connectivity index (χ1v) is 8.35. The largest absolute Gasteiger partial charge is 0.505 e. The first-order valence-electron chi connectivity index (χ1n) is 8.35. The van der Waals surface area contributed by atoms with Crippen molar-refractivity contribution < 1.29 is 32.9 Å². The van der Waals surface area contributed by atoms with E-state index in [0.717, 1.165) is 16.9 Å². The molecule has 2 aromatic carbocycles. The summed E-state index contributed by atoms with van der Waals surface area (Å²) in [4.78, 5) is 11.9. The van der Waals surface area contributed by atoms with E-state index in [1.54, 1.807) is 0 Å². The lowest BCUT2D eigenvalue weighted by Crippen LogP contribution is -2.04. The van der Waals surface area contributed by atoms with Gasteiger partial charge in [0.1, 0.15) is 28.2 Å². The number of aliphatic carboxylic acids is 1. The summed E-state index contributed by atoms with van der Waals surface area (Å²) < 4.78 is 43.9. The van der Waals surface area contributed by atoms with Gasteiger partial charge in [0.25, 0.3) is 0 Å². The van der Waals surface area contributed by atoms with Gasteiger partial charge in [-0.2, -0.15) is 13.2 Å². The molecule has 0 saturated heterocycles. The van der Waals surface area contributed by atoms with Gasteiger partial charge < -0.3 is 14.9 Å². The molecule has 2 N–H and O–H groups in total. The number of hydrogen-bond acceptors (Lipinski definition) is 5. The molecule has 0 amide bonds. The summed E-state index contributed by atoms with van der Waals surface area (Å²) in [5.74, 6) is -1.04. The zero-order valence-corrected chi connectivity index (χ0v) is 15.2. The maximum Gasteiger partial charge on any atom is 0.416 e. The third kappa shape index (κ3) is 4.15. The number of phenolic OH excluding ortho intramolecular Hbond substituents is 1. The topological polar surface area (TPSA) is 97.5 Å². The molecule has 29 heavy (non-hydrogen) atoms. The van der Waals surface area contributed by atoms with Crippen molar-refractivity contribution in [3.05, 3.63) is 53.6 Å². The van der Waals surface area contributed by atoms with Crippen LogP contribution in [0.3, 0.4) is 0 Å². The van der Waals surface area contributed by atoms with E-state index in [2.05, 4.69) is 16.8 Å². The minimum atomic E-state index is -4.52. The van der Waals surface area contributed by atoms with Crippen molar-refractivity contribution in [2.24, 2.45) is 0 Å². The Balaban J connectivity index is 2.04. The fourth-order valence-electron chi connectivity index (χ4n) is 2.70. The molecular weight excluding hydrogens is 391 g/mol. The standard InChI is InChI=1S/C19H16F3N3O4/c1-10(18(27)28)3-4-11-7-13(29-2)9-16(17(11)26)25-23-14-6-5-12(19(20,21)22)8-15(14)24-25/h5-9,26H,1,3-4H2,2H3,(H,27,28). The van der Waals surface area contributed by atoms with Gasteiger partial charge in [0.2, 0.25) is 0 Å². The molecule has 0 aliphatic rings. The second kappa shape index (κ2) is 7.46. The Hall–Kier alpha value is -3.56. The molecule has 0 aliphatic carbocycles. The minimum Gasteiger partial charge on any atom is -0.505 e. The molecule has 10 heteroatoms. The van der Waals surface area contributed by atoms with Gasteiger partial charge in [-0.25, -0.2) is 4.79 Å². The molecule has 0 radical (unpaired) electrons. The molecule has 0 bridgehead atoms. The number of methoxy groups -OCH3 is 1. The Labute approximate surface area is 162 Å². The molecule has 3 rings (SSSR count). The van der Waals surface area contributed by atoms with Crippen LogP contribution in [0.15, 0.2) is 42.5 Å². The van der Waals surface area contributed by atoms with E-state index in [1.807, 2.05) is 0 Å². The van der Waals surface area contributed by atoms with E-state index >= 15 is 0 Å². The number of carboxylic acids is 1. The van der Waals surface area contributed by atoms with Crippen LogP contribution in [-0.4, -0.2) is 38.3 Å². The van der Waals surface area contributed by atoms with Gasteiger partial charge in [-0.15, -0.1) is 15.0 Å². The number of aryl methyl sites for hydroxylation is 1. The number of hydrogen-bond donors (Lipinski definition) is 2. The average molecular weight is 407 g/mol. The van der Waals surface area contributed by atoms with Crippen LogP contribution >= 0.6 is 0 Å². The Morgan fingerprint density at radius 2 is 1.90 bits per heavy atom. The number of aromatic nitrogens is 3. The molecule has 0 fully saturated rings. The quantitative estimate of drug-likeness (QED) is 0.605. The molecule has 0 saturated carbocycles. The number of aromatic hydroxyl groups is 1. The first kappa shape index (κ1) is 20.2. The summed E-state index contributed by atoms with van der Waals surface area (Å²) in [5, 5.41) is 27.7. The van der Waals surface area contributed by atoms with Crippen LogP contribution in [0, 0.1) is 0 Å². The van der Waals surface area contributed by atoms with E-state index in [0.29, 0.717) is 11.3 Å². The predicted molar refractivity (Wildman–Crippen MR) is 97.2 cm³/mol. The van der Waals surface area contributed by atoms with Crippen molar-refractivity contribution in [1.82, 2.24) is 15.0 Å². The van der Waals surface area contributed by atoms with Crippen molar-refractivity contribution in [3.63, 3.8) is 0 Å². The third-order valence-electron chi connectivity index (χ3n) is 4.30. The van der Waals surface area contributed by atoms with Crippen LogP contribution in [0.1, 0.15) is 17.5 Å². The average Bonchev–Trinajstić information content (AvgIpc) is 3.09. The number of carbonyl (C=O) groups is 1. The lowest BCUT2D eigenvalue weighted by molar-refractivity contribution is -0.137. The van der Waals surface area contributed by atoms with Crippen LogP contribution in [0.5, 0.6) is 11.5 Å². The highest BCUT2D eigenvalue weighted by atomic mass is 19.4. The molecule has 1 aromatic heterocycles. The summed E-state index contributed by atoms with van der Waals surface area (Å²) in [5.41, 5.74) is -0.232. The zero-order chi connectivity index (χ0) is 21.3. The van der Waals surface area contributed by atoms with E-state index < -0.39 is 17.7 Å². The number of carboxylic acid groups (broad SMARTS) is 1. The van der Waals surface area contributed by atoms with Crippen LogP contribution < -0.4 is 4.74 Å². The SMILES string of the molecule is C=C(CCc1cc(OC)cc(-n2nc3ccc(C(F)(F)F)cc3n2)c1O)C(=O)O. The smallest absolute Gasteiger partial charge is 0.416 e. The monoisotopic (exact) mass is 407 g/mol.